The fourth-order valence-electron chi connectivity index (χ4n) is 4.99. The zero-order valence-electron chi connectivity index (χ0n) is 20.3. The molecular weight excluding hydrogens is 436 g/mol. The maximum atomic E-state index is 13.7. The lowest BCUT2D eigenvalue weighted by Crippen LogP contribution is -2.66. The fraction of sp³-hybridized carbons (Fsp3) is 0.560. The van der Waals surface area contributed by atoms with Crippen LogP contribution < -0.4 is 10.1 Å². The Morgan fingerprint density at radius 3 is 2.65 bits per heavy atom. The van der Waals surface area contributed by atoms with Crippen LogP contribution in [0.3, 0.4) is 0 Å². The van der Waals surface area contributed by atoms with Gasteiger partial charge in [0.15, 0.2) is 5.69 Å². The van der Waals surface area contributed by atoms with Crippen molar-refractivity contribution < 1.29 is 24.2 Å². The molecule has 2 aliphatic rings. The van der Waals surface area contributed by atoms with Crippen molar-refractivity contribution in [2.24, 2.45) is 5.92 Å². The van der Waals surface area contributed by atoms with Gasteiger partial charge in [-0.05, 0) is 44.6 Å². The van der Waals surface area contributed by atoms with Crippen LogP contribution in [0.15, 0.2) is 30.3 Å². The van der Waals surface area contributed by atoms with Crippen LogP contribution >= 0.6 is 0 Å². The Balaban J connectivity index is 1.69. The molecule has 1 amide bonds. The van der Waals surface area contributed by atoms with Gasteiger partial charge < -0.3 is 19.5 Å². The molecule has 184 valence electrons. The lowest BCUT2D eigenvalue weighted by molar-refractivity contribution is -0.0579. The number of aromatic nitrogens is 2. The summed E-state index contributed by atoms with van der Waals surface area (Å²) in [4.78, 5) is 27.5. The summed E-state index contributed by atoms with van der Waals surface area (Å²) < 4.78 is 11.8. The van der Waals surface area contributed by atoms with Gasteiger partial charge in [-0.15, -0.1) is 0 Å². The van der Waals surface area contributed by atoms with E-state index in [9.17, 15) is 14.7 Å². The van der Waals surface area contributed by atoms with Crippen molar-refractivity contribution in [3.8, 4) is 5.75 Å². The van der Waals surface area contributed by atoms with Crippen LogP contribution in [-0.4, -0.2) is 63.7 Å². The van der Waals surface area contributed by atoms with Crippen LogP contribution in [0.1, 0.15) is 66.1 Å². The Morgan fingerprint density at radius 2 is 1.97 bits per heavy atom. The number of carbonyl (C=O) groups excluding carboxylic acids is 2. The molecule has 1 aliphatic carbocycles. The number of aliphatic hydroxyl groups is 1. The number of fused-ring (bicyclic) bond motifs is 1. The first-order valence-electron chi connectivity index (χ1n) is 11.8. The molecule has 1 aliphatic heterocycles. The van der Waals surface area contributed by atoms with Crippen LogP contribution in [0.4, 0.5) is 0 Å². The van der Waals surface area contributed by atoms with Gasteiger partial charge in [0.2, 0.25) is 0 Å². The standard InChI is InChI=1S/C25H34N4O5/c1-16-9-11-18(12-10-16)26-24(32)25(2)15-29-20(13-19(27-29)23(31)34-4)22(30)28(25)14-17-7-5-6-8-21(17)33-3/h5-8,13,16,18,24,26,32H,9-12,14-15H2,1-4H3. The van der Waals surface area contributed by atoms with Gasteiger partial charge in [-0.3, -0.25) is 14.8 Å². The number of nitrogens with one attached hydrogen (secondary N) is 1. The fourth-order valence-corrected chi connectivity index (χ4v) is 4.99. The van der Waals surface area contributed by atoms with E-state index in [2.05, 4.69) is 17.3 Å². The number of hydrogen-bond donors (Lipinski definition) is 2. The molecule has 9 nitrogen and oxygen atoms in total. The van der Waals surface area contributed by atoms with Gasteiger partial charge in [0.1, 0.15) is 17.7 Å². The molecule has 34 heavy (non-hydrogen) atoms. The van der Waals surface area contributed by atoms with Crippen LogP contribution in [0.25, 0.3) is 0 Å². The first kappa shape index (κ1) is 24.2. The second-order valence-electron chi connectivity index (χ2n) is 9.65. The van der Waals surface area contributed by atoms with E-state index in [1.54, 1.807) is 12.0 Å². The summed E-state index contributed by atoms with van der Waals surface area (Å²) in [6.07, 6.45) is 3.18. The quantitative estimate of drug-likeness (QED) is 0.473. The summed E-state index contributed by atoms with van der Waals surface area (Å²) in [5.41, 5.74) is 0.153. The number of para-hydroxylation sites is 1. The van der Waals surface area contributed by atoms with Crippen molar-refractivity contribution in [2.75, 3.05) is 14.2 Å². The second-order valence-corrected chi connectivity index (χ2v) is 9.65. The van der Waals surface area contributed by atoms with Crippen molar-refractivity contribution in [3.63, 3.8) is 0 Å². The minimum Gasteiger partial charge on any atom is -0.496 e. The molecular formula is C25H34N4O5. The van der Waals surface area contributed by atoms with Crippen molar-refractivity contribution in [2.45, 2.75) is 70.4 Å². The third-order valence-electron chi connectivity index (χ3n) is 7.24. The summed E-state index contributed by atoms with van der Waals surface area (Å²) in [7, 11) is 2.87. The highest BCUT2D eigenvalue weighted by atomic mass is 16.5. The predicted octanol–water partition coefficient (Wildman–Crippen LogP) is 2.58. The molecule has 1 fully saturated rings. The van der Waals surface area contributed by atoms with Crippen molar-refractivity contribution in [1.82, 2.24) is 20.0 Å². The molecule has 4 rings (SSSR count). The van der Waals surface area contributed by atoms with Crippen LogP contribution in [0, 0.1) is 5.92 Å². The zero-order valence-corrected chi connectivity index (χ0v) is 20.3. The number of nitrogens with zero attached hydrogens (tertiary/aromatic N) is 3. The first-order valence-corrected chi connectivity index (χ1v) is 11.8. The van der Waals surface area contributed by atoms with E-state index in [-0.39, 0.29) is 36.4 Å². The van der Waals surface area contributed by atoms with Gasteiger partial charge >= 0.3 is 5.97 Å². The Bertz CT molecular complexity index is 1050. The number of benzene rings is 1. The zero-order chi connectivity index (χ0) is 24.5. The van der Waals surface area contributed by atoms with Crippen molar-refractivity contribution in [1.29, 1.82) is 0 Å². The number of amides is 1. The molecule has 0 bridgehead atoms. The monoisotopic (exact) mass is 470 g/mol. The summed E-state index contributed by atoms with van der Waals surface area (Å²) in [5, 5.41) is 19.2. The predicted molar refractivity (Wildman–Crippen MR) is 125 cm³/mol. The minimum absolute atomic E-state index is 0.0658. The van der Waals surface area contributed by atoms with E-state index < -0.39 is 17.7 Å². The average molecular weight is 471 g/mol. The number of rotatable bonds is 7. The molecule has 0 radical (unpaired) electrons. The average Bonchev–Trinajstić information content (AvgIpc) is 3.26. The number of hydrogen-bond acceptors (Lipinski definition) is 7. The van der Waals surface area contributed by atoms with Gasteiger partial charge in [-0.1, -0.05) is 25.1 Å². The molecule has 2 N–H and O–H groups in total. The summed E-state index contributed by atoms with van der Waals surface area (Å²) in [6.45, 7) is 4.56. The summed E-state index contributed by atoms with van der Waals surface area (Å²) in [5.74, 6) is 0.422. The van der Waals surface area contributed by atoms with Crippen molar-refractivity contribution in [3.05, 3.63) is 47.3 Å². The molecule has 2 aromatic rings. The van der Waals surface area contributed by atoms with E-state index in [1.807, 2.05) is 31.2 Å². The molecule has 9 heteroatoms. The van der Waals surface area contributed by atoms with E-state index >= 15 is 0 Å². The Morgan fingerprint density at radius 1 is 1.26 bits per heavy atom. The van der Waals surface area contributed by atoms with E-state index in [0.29, 0.717) is 11.7 Å². The van der Waals surface area contributed by atoms with E-state index in [0.717, 1.165) is 31.2 Å². The number of carbonyl (C=O) groups is 2. The smallest absolute Gasteiger partial charge is 0.358 e. The normalized spacial score (nSPS) is 25.6. The van der Waals surface area contributed by atoms with Gasteiger partial charge in [0, 0.05) is 17.7 Å². The lowest BCUT2D eigenvalue weighted by atomic mass is 9.86. The lowest BCUT2D eigenvalue weighted by Gasteiger charge is -2.48. The molecule has 2 unspecified atom stereocenters. The van der Waals surface area contributed by atoms with E-state index in [4.69, 9.17) is 9.47 Å². The van der Waals surface area contributed by atoms with Crippen LogP contribution in [0.2, 0.25) is 0 Å². The van der Waals surface area contributed by atoms with Gasteiger partial charge in [-0.2, -0.15) is 5.10 Å². The topological polar surface area (TPSA) is 106 Å². The maximum Gasteiger partial charge on any atom is 0.358 e. The first-order chi connectivity index (χ1) is 16.3. The van der Waals surface area contributed by atoms with Gasteiger partial charge in [-0.25, -0.2) is 4.79 Å². The number of esters is 1. The minimum atomic E-state index is -1.02. The van der Waals surface area contributed by atoms with Crippen LogP contribution in [-0.2, 0) is 17.8 Å². The highest BCUT2D eigenvalue weighted by Crippen LogP contribution is 2.34. The van der Waals surface area contributed by atoms with Gasteiger partial charge in [0.05, 0.1) is 32.8 Å². The maximum absolute atomic E-state index is 13.7. The summed E-state index contributed by atoms with van der Waals surface area (Å²) in [6, 6.07) is 9.14. The highest BCUT2D eigenvalue weighted by Gasteiger charge is 2.48. The molecule has 1 saturated carbocycles. The Hall–Kier alpha value is -2.91. The SMILES string of the molecule is COC(=O)c1cc2n(n1)CC(C)(C(O)NC1CCC(C)CC1)N(Cc1ccccc1OC)C2=O. The molecule has 0 saturated heterocycles. The molecule has 2 atom stereocenters. The molecule has 0 spiro atoms. The van der Waals surface area contributed by atoms with Crippen molar-refractivity contribution >= 4 is 11.9 Å². The third-order valence-corrected chi connectivity index (χ3v) is 7.24. The second kappa shape index (κ2) is 9.76. The number of ether oxygens (including phenoxy) is 2. The molecule has 1 aromatic heterocycles. The Labute approximate surface area is 200 Å². The summed E-state index contributed by atoms with van der Waals surface area (Å²) >= 11 is 0. The Kier molecular flexibility index (Phi) is 6.95. The molecule has 2 heterocycles. The van der Waals surface area contributed by atoms with E-state index in [1.165, 1.54) is 17.9 Å². The van der Waals surface area contributed by atoms with Gasteiger partial charge in [0.25, 0.3) is 5.91 Å². The number of aliphatic hydroxyl groups excluding tert-OH is 1. The third kappa shape index (κ3) is 4.54. The highest BCUT2D eigenvalue weighted by molar-refractivity contribution is 5.97. The largest absolute Gasteiger partial charge is 0.496 e. The number of methoxy groups -OCH3 is 2. The molecule has 1 aromatic carbocycles. The van der Waals surface area contributed by atoms with Crippen LogP contribution in [0.5, 0.6) is 5.75 Å².